The van der Waals surface area contributed by atoms with E-state index in [2.05, 4.69) is 14.6 Å². The minimum atomic E-state index is -4.62. The molecule has 0 aliphatic heterocycles. The lowest BCUT2D eigenvalue weighted by atomic mass is 10.2. The van der Waals surface area contributed by atoms with Crippen molar-refractivity contribution in [2.45, 2.75) is 19.6 Å². The number of hydrogen-bond donors (Lipinski definition) is 0. The Morgan fingerprint density at radius 1 is 1.27 bits per heavy atom. The number of carbonyl (C=O) groups is 1. The van der Waals surface area contributed by atoms with Crippen LogP contribution in [0.25, 0.3) is 0 Å². The molecule has 0 amide bonds. The first-order valence-corrected chi connectivity index (χ1v) is 7.60. The molecule has 0 saturated heterocycles. The number of methoxy groups -OCH3 is 1. The van der Waals surface area contributed by atoms with Crippen molar-refractivity contribution in [2.24, 2.45) is 0 Å². The van der Waals surface area contributed by atoms with Crippen molar-refractivity contribution in [3.05, 3.63) is 59.8 Å². The van der Waals surface area contributed by atoms with Crippen LogP contribution in [0.5, 0.6) is 5.75 Å². The van der Waals surface area contributed by atoms with Crippen LogP contribution in [0.3, 0.4) is 0 Å². The highest BCUT2D eigenvalue weighted by molar-refractivity contribution is 5.88. The van der Waals surface area contributed by atoms with E-state index in [9.17, 15) is 18.0 Å². The van der Waals surface area contributed by atoms with Crippen LogP contribution < -0.4 is 4.74 Å². The zero-order valence-electron chi connectivity index (χ0n) is 14.1. The molecule has 1 aromatic carbocycles. The molecule has 26 heavy (non-hydrogen) atoms. The Bertz CT molecular complexity index is 767. The van der Waals surface area contributed by atoms with Gasteiger partial charge in [-0.05, 0) is 24.6 Å². The minimum Gasteiger partial charge on any atom is -0.487 e. The number of alkyl halides is 3. The van der Waals surface area contributed by atoms with Gasteiger partial charge in [-0.25, -0.2) is 4.79 Å². The summed E-state index contributed by atoms with van der Waals surface area (Å²) < 4.78 is 53.7. The fourth-order valence-electron chi connectivity index (χ4n) is 1.99. The summed E-state index contributed by atoms with van der Waals surface area (Å²) in [6.07, 6.45) is -1.15. The maximum absolute atomic E-state index is 12.7. The maximum atomic E-state index is 12.7. The Morgan fingerprint density at radius 2 is 1.96 bits per heavy atom. The standard InChI is InChI=1S/C17H17F3N2O4/c1-3-25-15(17(18,19)20)11-26-14-6-4-12(5-7-14)9-22-10-13(8-21-22)16(23)24-2/h4-8,10-11H,3,9H2,1-2H3/b15-11-. The summed E-state index contributed by atoms with van der Waals surface area (Å²) >= 11 is 0. The molecule has 0 atom stereocenters. The predicted octanol–water partition coefficient (Wildman–Crippen LogP) is 3.54. The highest BCUT2D eigenvalue weighted by Gasteiger charge is 2.36. The van der Waals surface area contributed by atoms with Gasteiger partial charge in [-0.2, -0.15) is 18.3 Å². The second kappa shape index (κ2) is 8.41. The van der Waals surface area contributed by atoms with E-state index < -0.39 is 17.9 Å². The molecule has 0 unspecified atom stereocenters. The molecule has 2 aromatic rings. The third-order valence-corrected chi connectivity index (χ3v) is 3.20. The van der Waals surface area contributed by atoms with Crippen molar-refractivity contribution in [1.29, 1.82) is 0 Å². The number of hydrogen-bond acceptors (Lipinski definition) is 5. The van der Waals surface area contributed by atoms with Crippen molar-refractivity contribution < 1.29 is 32.2 Å². The molecular weight excluding hydrogens is 353 g/mol. The first kappa shape index (κ1) is 19.4. The number of ether oxygens (including phenoxy) is 3. The molecule has 140 valence electrons. The molecule has 0 aliphatic carbocycles. The second-order valence-corrected chi connectivity index (χ2v) is 5.09. The summed E-state index contributed by atoms with van der Waals surface area (Å²) in [5.41, 5.74) is 1.15. The molecule has 0 fully saturated rings. The van der Waals surface area contributed by atoms with Gasteiger partial charge in [-0.15, -0.1) is 0 Å². The summed E-state index contributed by atoms with van der Waals surface area (Å²) in [7, 11) is 1.28. The first-order valence-electron chi connectivity index (χ1n) is 7.60. The zero-order valence-corrected chi connectivity index (χ0v) is 14.1. The molecule has 0 aliphatic rings. The quantitative estimate of drug-likeness (QED) is 0.551. The Labute approximate surface area is 147 Å². The molecule has 2 rings (SSSR count). The Balaban J connectivity index is 2.01. The van der Waals surface area contributed by atoms with Gasteiger partial charge in [-0.3, -0.25) is 4.68 Å². The van der Waals surface area contributed by atoms with Crippen LogP contribution in [0.15, 0.2) is 48.7 Å². The molecule has 0 bridgehead atoms. The highest BCUT2D eigenvalue weighted by Crippen LogP contribution is 2.27. The van der Waals surface area contributed by atoms with E-state index >= 15 is 0 Å². The second-order valence-electron chi connectivity index (χ2n) is 5.09. The number of aromatic nitrogens is 2. The number of benzene rings is 1. The summed E-state index contributed by atoms with van der Waals surface area (Å²) in [5.74, 6) is -1.46. The van der Waals surface area contributed by atoms with E-state index in [4.69, 9.17) is 4.74 Å². The maximum Gasteiger partial charge on any atom is 0.452 e. The van der Waals surface area contributed by atoms with Crippen LogP contribution >= 0.6 is 0 Å². The molecule has 1 aromatic heterocycles. The molecule has 1 heterocycles. The number of allylic oxidation sites excluding steroid dienone is 1. The Hall–Kier alpha value is -2.97. The van der Waals surface area contributed by atoms with Gasteiger partial charge in [-0.1, -0.05) is 12.1 Å². The topological polar surface area (TPSA) is 62.6 Å². The van der Waals surface area contributed by atoms with Crippen molar-refractivity contribution >= 4 is 5.97 Å². The third kappa shape index (κ3) is 5.27. The fraction of sp³-hybridized carbons (Fsp3) is 0.294. The molecule has 0 saturated carbocycles. The average Bonchev–Trinajstić information content (AvgIpc) is 3.06. The van der Waals surface area contributed by atoms with Gasteiger partial charge in [0.25, 0.3) is 0 Å². The predicted molar refractivity (Wildman–Crippen MR) is 85.5 cm³/mol. The molecule has 0 radical (unpaired) electrons. The number of nitrogens with zero attached hydrogens (tertiary/aromatic N) is 2. The van der Waals surface area contributed by atoms with E-state index in [1.165, 1.54) is 38.6 Å². The number of esters is 1. The lowest BCUT2D eigenvalue weighted by Crippen LogP contribution is -2.15. The van der Waals surface area contributed by atoms with Crippen LogP contribution in [0.4, 0.5) is 13.2 Å². The number of halogens is 3. The van der Waals surface area contributed by atoms with E-state index in [1.54, 1.807) is 16.8 Å². The van der Waals surface area contributed by atoms with Gasteiger partial charge in [0.2, 0.25) is 5.76 Å². The monoisotopic (exact) mass is 370 g/mol. The third-order valence-electron chi connectivity index (χ3n) is 3.20. The Kier molecular flexibility index (Phi) is 6.26. The fourth-order valence-corrected chi connectivity index (χ4v) is 1.99. The van der Waals surface area contributed by atoms with Crippen molar-refractivity contribution in [2.75, 3.05) is 13.7 Å². The van der Waals surface area contributed by atoms with Crippen LogP contribution in [-0.4, -0.2) is 35.6 Å². The van der Waals surface area contributed by atoms with Crippen molar-refractivity contribution in [3.8, 4) is 5.75 Å². The summed E-state index contributed by atoms with van der Waals surface area (Å²) in [6.45, 7) is 1.71. The molecular formula is C17H17F3N2O4. The van der Waals surface area contributed by atoms with Gasteiger partial charge in [0.05, 0.1) is 32.0 Å². The van der Waals surface area contributed by atoms with Crippen molar-refractivity contribution in [3.63, 3.8) is 0 Å². The van der Waals surface area contributed by atoms with Crippen molar-refractivity contribution in [1.82, 2.24) is 9.78 Å². The van der Waals surface area contributed by atoms with Gasteiger partial charge in [0.15, 0.2) is 0 Å². The molecule has 0 spiro atoms. The molecule has 6 nitrogen and oxygen atoms in total. The smallest absolute Gasteiger partial charge is 0.452 e. The molecule has 9 heteroatoms. The largest absolute Gasteiger partial charge is 0.487 e. The van der Waals surface area contributed by atoms with E-state index in [0.29, 0.717) is 18.4 Å². The van der Waals surface area contributed by atoms with Crippen LogP contribution in [0.2, 0.25) is 0 Å². The summed E-state index contributed by atoms with van der Waals surface area (Å²) in [6, 6.07) is 6.40. The highest BCUT2D eigenvalue weighted by atomic mass is 19.4. The summed E-state index contributed by atoms with van der Waals surface area (Å²) in [4.78, 5) is 11.4. The first-order chi connectivity index (χ1) is 12.3. The van der Waals surface area contributed by atoms with E-state index in [1.807, 2.05) is 0 Å². The van der Waals surface area contributed by atoms with Crippen LogP contribution in [0, 0.1) is 0 Å². The van der Waals surface area contributed by atoms with E-state index in [-0.39, 0.29) is 12.4 Å². The lowest BCUT2D eigenvalue weighted by Gasteiger charge is -2.12. The number of rotatable bonds is 7. The van der Waals surface area contributed by atoms with Crippen LogP contribution in [-0.2, 0) is 16.0 Å². The van der Waals surface area contributed by atoms with Gasteiger partial charge in [0.1, 0.15) is 12.0 Å². The molecule has 0 N–H and O–H groups in total. The van der Waals surface area contributed by atoms with Gasteiger partial charge < -0.3 is 14.2 Å². The van der Waals surface area contributed by atoms with E-state index in [0.717, 1.165) is 5.56 Å². The van der Waals surface area contributed by atoms with Crippen LogP contribution in [0.1, 0.15) is 22.8 Å². The number of carbonyl (C=O) groups excluding carboxylic acids is 1. The Morgan fingerprint density at radius 3 is 2.54 bits per heavy atom. The minimum absolute atomic E-state index is 0.120. The SMILES string of the molecule is CCO/C(=C\Oc1ccc(Cn2cc(C(=O)OC)cn2)cc1)C(F)(F)F. The van der Waals surface area contributed by atoms with Gasteiger partial charge in [0, 0.05) is 6.20 Å². The lowest BCUT2D eigenvalue weighted by molar-refractivity contribution is -0.132. The summed E-state index contributed by atoms with van der Waals surface area (Å²) in [5, 5.41) is 4.04. The normalized spacial score (nSPS) is 12.0. The zero-order chi connectivity index (χ0) is 19.2. The average molecular weight is 370 g/mol. The van der Waals surface area contributed by atoms with Gasteiger partial charge >= 0.3 is 12.1 Å².